The van der Waals surface area contributed by atoms with Gasteiger partial charge >= 0.3 is 0 Å². The fourth-order valence-corrected chi connectivity index (χ4v) is 2.72. The van der Waals surface area contributed by atoms with Crippen LogP contribution in [0, 0.1) is 11.3 Å². The Labute approximate surface area is 117 Å². The van der Waals surface area contributed by atoms with Gasteiger partial charge in [-0.05, 0) is 43.2 Å². The highest BCUT2D eigenvalue weighted by Crippen LogP contribution is 2.42. The Hall–Kier alpha value is -2.15. The van der Waals surface area contributed by atoms with Crippen molar-refractivity contribution >= 4 is 0 Å². The summed E-state index contributed by atoms with van der Waals surface area (Å²) in [7, 11) is 0. The van der Waals surface area contributed by atoms with Gasteiger partial charge in [0.15, 0.2) is 0 Å². The van der Waals surface area contributed by atoms with Crippen LogP contribution in [-0.2, 0) is 0 Å². The minimum Gasteiger partial charge on any atom is -0.339 e. The van der Waals surface area contributed by atoms with E-state index in [1.807, 2.05) is 18.2 Å². The van der Waals surface area contributed by atoms with Gasteiger partial charge < -0.3 is 4.52 Å². The molecule has 20 heavy (non-hydrogen) atoms. The molecule has 0 spiro atoms. The van der Waals surface area contributed by atoms with Gasteiger partial charge in [-0.3, -0.25) is 0 Å². The molecule has 0 N–H and O–H groups in total. The van der Waals surface area contributed by atoms with Crippen molar-refractivity contribution in [2.24, 2.45) is 0 Å². The van der Waals surface area contributed by atoms with Crippen molar-refractivity contribution in [3.05, 3.63) is 35.2 Å². The molecule has 0 aliphatic heterocycles. The van der Waals surface area contributed by atoms with Crippen LogP contribution in [-0.4, -0.2) is 10.1 Å². The number of nitriles is 1. The Bertz CT molecular complexity index is 690. The third-order valence-electron chi connectivity index (χ3n) is 4.35. The maximum absolute atomic E-state index is 9.29. The van der Waals surface area contributed by atoms with Gasteiger partial charge in [0.05, 0.1) is 11.6 Å². The fourth-order valence-electron chi connectivity index (χ4n) is 2.72. The molecular formula is C16H15N3O. The largest absolute Gasteiger partial charge is 0.339 e. The molecular weight excluding hydrogens is 250 g/mol. The maximum Gasteiger partial charge on any atom is 0.230 e. The lowest BCUT2D eigenvalue weighted by molar-refractivity contribution is 0.292. The van der Waals surface area contributed by atoms with Crippen LogP contribution < -0.4 is 0 Å². The molecule has 2 aliphatic carbocycles. The summed E-state index contributed by atoms with van der Waals surface area (Å²) in [6.45, 7) is 0. The third kappa shape index (κ3) is 1.90. The van der Waals surface area contributed by atoms with Crippen LogP contribution in [0.4, 0.5) is 0 Å². The first kappa shape index (κ1) is 11.7. The minimum absolute atomic E-state index is 0.442. The number of hydrogen-bond acceptors (Lipinski definition) is 4. The molecule has 1 aromatic heterocycles. The second-order valence-corrected chi connectivity index (χ2v) is 5.77. The Morgan fingerprint density at radius 3 is 2.65 bits per heavy atom. The molecule has 4 nitrogen and oxygen atoms in total. The van der Waals surface area contributed by atoms with Gasteiger partial charge in [0, 0.05) is 11.5 Å². The highest BCUT2D eigenvalue weighted by molar-refractivity contribution is 5.60. The summed E-state index contributed by atoms with van der Waals surface area (Å²) in [4.78, 5) is 4.48. The molecule has 0 atom stereocenters. The molecule has 2 saturated carbocycles. The summed E-state index contributed by atoms with van der Waals surface area (Å²) in [6.07, 6.45) is 5.93. The van der Waals surface area contributed by atoms with E-state index in [2.05, 4.69) is 16.2 Å². The average molecular weight is 265 g/mol. The molecule has 1 aromatic carbocycles. The molecule has 1 heterocycles. The molecule has 2 fully saturated rings. The Morgan fingerprint density at radius 1 is 1.15 bits per heavy atom. The van der Waals surface area contributed by atoms with E-state index < -0.39 is 0 Å². The normalized spacial score (nSPS) is 18.6. The standard InChI is InChI=1S/C16H15N3O/c17-9-13-8-12(6-7-14(13)10-4-5-10)15-18-16(20-19-15)11-2-1-3-11/h6-8,10-11H,1-5H2. The van der Waals surface area contributed by atoms with Gasteiger partial charge in [-0.25, -0.2) is 0 Å². The molecule has 2 aliphatic rings. The van der Waals surface area contributed by atoms with Crippen LogP contribution in [0.1, 0.15) is 61.0 Å². The van der Waals surface area contributed by atoms with Crippen molar-refractivity contribution in [1.82, 2.24) is 10.1 Å². The van der Waals surface area contributed by atoms with E-state index in [0.29, 0.717) is 17.7 Å². The van der Waals surface area contributed by atoms with Gasteiger partial charge in [0.1, 0.15) is 0 Å². The Balaban J connectivity index is 1.67. The topological polar surface area (TPSA) is 62.7 Å². The average Bonchev–Trinajstić information content (AvgIpc) is 3.16. The van der Waals surface area contributed by atoms with E-state index in [0.717, 1.165) is 29.9 Å². The predicted octanol–water partition coefficient (Wildman–Crippen LogP) is 3.75. The van der Waals surface area contributed by atoms with E-state index in [9.17, 15) is 5.26 Å². The molecule has 100 valence electrons. The van der Waals surface area contributed by atoms with E-state index in [1.165, 1.54) is 24.8 Å². The van der Waals surface area contributed by atoms with Gasteiger partial charge in [-0.2, -0.15) is 10.2 Å². The van der Waals surface area contributed by atoms with Gasteiger partial charge in [0.2, 0.25) is 11.7 Å². The van der Waals surface area contributed by atoms with Crippen LogP contribution in [0.25, 0.3) is 11.4 Å². The van der Waals surface area contributed by atoms with Gasteiger partial charge in [-0.1, -0.05) is 23.7 Å². The van der Waals surface area contributed by atoms with Crippen molar-refractivity contribution in [3.63, 3.8) is 0 Å². The van der Waals surface area contributed by atoms with Gasteiger partial charge in [-0.15, -0.1) is 0 Å². The smallest absolute Gasteiger partial charge is 0.230 e. The monoisotopic (exact) mass is 265 g/mol. The first-order valence-electron chi connectivity index (χ1n) is 7.23. The Kier molecular flexibility index (Phi) is 2.59. The summed E-state index contributed by atoms with van der Waals surface area (Å²) < 4.78 is 5.34. The molecule has 4 heteroatoms. The summed E-state index contributed by atoms with van der Waals surface area (Å²) in [5, 5.41) is 13.4. The first-order chi connectivity index (χ1) is 9.85. The van der Waals surface area contributed by atoms with Crippen LogP contribution >= 0.6 is 0 Å². The van der Waals surface area contributed by atoms with E-state index in [-0.39, 0.29) is 0 Å². The van der Waals surface area contributed by atoms with E-state index in [4.69, 9.17) is 4.52 Å². The molecule has 0 radical (unpaired) electrons. The van der Waals surface area contributed by atoms with Crippen LogP contribution in [0.2, 0.25) is 0 Å². The molecule has 2 aromatic rings. The summed E-state index contributed by atoms with van der Waals surface area (Å²) in [5.41, 5.74) is 2.79. The Morgan fingerprint density at radius 2 is 2.00 bits per heavy atom. The van der Waals surface area contributed by atoms with Crippen molar-refractivity contribution in [3.8, 4) is 17.5 Å². The third-order valence-corrected chi connectivity index (χ3v) is 4.35. The lowest BCUT2D eigenvalue weighted by Gasteiger charge is -2.20. The van der Waals surface area contributed by atoms with Crippen molar-refractivity contribution in [2.45, 2.75) is 43.9 Å². The lowest BCUT2D eigenvalue weighted by atomic mass is 9.85. The number of benzene rings is 1. The molecule has 0 bridgehead atoms. The second-order valence-electron chi connectivity index (χ2n) is 5.77. The predicted molar refractivity (Wildman–Crippen MR) is 73.0 cm³/mol. The highest BCUT2D eigenvalue weighted by Gasteiger charge is 2.28. The quantitative estimate of drug-likeness (QED) is 0.847. The minimum atomic E-state index is 0.442. The molecule has 0 saturated heterocycles. The van der Waals surface area contributed by atoms with Crippen molar-refractivity contribution < 1.29 is 4.52 Å². The zero-order valence-corrected chi connectivity index (χ0v) is 11.2. The number of aromatic nitrogens is 2. The highest BCUT2D eigenvalue weighted by atomic mass is 16.5. The second kappa shape index (κ2) is 4.45. The fraction of sp³-hybridized carbons (Fsp3) is 0.438. The number of nitrogens with zero attached hydrogens (tertiary/aromatic N) is 3. The van der Waals surface area contributed by atoms with Crippen LogP contribution in [0.15, 0.2) is 22.7 Å². The lowest BCUT2D eigenvalue weighted by Crippen LogP contribution is -2.08. The first-order valence-corrected chi connectivity index (χ1v) is 7.23. The number of rotatable bonds is 3. The van der Waals surface area contributed by atoms with Crippen molar-refractivity contribution in [1.29, 1.82) is 5.26 Å². The van der Waals surface area contributed by atoms with Crippen molar-refractivity contribution in [2.75, 3.05) is 0 Å². The van der Waals surface area contributed by atoms with E-state index >= 15 is 0 Å². The van der Waals surface area contributed by atoms with Crippen LogP contribution in [0.5, 0.6) is 0 Å². The SMILES string of the molecule is N#Cc1cc(-c2noc(C3CCC3)n2)ccc1C1CC1. The molecule has 0 unspecified atom stereocenters. The summed E-state index contributed by atoms with van der Waals surface area (Å²) in [6, 6.07) is 8.24. The summed E-state index contributed by atoms with van der Waals surface area (Å²) >= 11 is 0. The zero-order valence-electron chi connectivity index (χ0n) is 11.2. The zero-order chi connectivity index (χ0) is 13.5. The van der Waals surface area contributed by atoms with Crippen LogP contribution in [0.3, 0.4) is 0 Å². The maximum atomic E-state index is 9.29. The van der Waals surface area contributed by atoms with Gasteiger partial charge in [0.25, 0.3) is 0 Å². The molecule has 4 rings (SSSR count). The molecule has 0 amide bonds. The number of hydrogen-bond donors (Lipinski definition) is 0. The van der Waals surface area contributed by atoms with E-state index in [1.54, 1.807) is 0 Å². The summed E-state index contributed by atoms with van der Waals surface area (Å²) in [5.74, 6) is 2.37.